The number of hydrogen-bond donors (Lipinski definition) is 0. The molecule has 0 radical (unpaired) electrons. The Morgan fingerprint density at radius 2 is 1.67 bits per heavy atom. The molecule has 0 aromatic rings. The lowest BCUT2D eigenvalue weighted by atomic mass is 10.0. The lowest BCUT2D eigenvalue weighted by Gasteiger charge is -2.23. The Morgan fingerprint density at radius 3 is 2.19 bits per heavy atom. The first kappa shape index (κ1) is 19.5. The third-order valence-corrected chi connectivity index (χ3v) is 3.14. The van der Waals surface area contributed by atoms with Gasteiger partial charge in [0.05, 0.1) is 6.61 Å². The van der Waals surface area contributed by atoms with Gasteiger partial charge in [-0.1, -0.05) is 32.6 Å². The summed E-state index contributed by atoms with van der Waals surface area (Å²) in [5, 5.41) is 0. The van der Waals surface area contributed by atoms with E-state index in [1.165, 1.54) is 0 Å². The van der Waals surface area contributed by atoms with Crippen LogP contribution < -0.4 is 0 Å². The molecule has 0 aliphatic rings. The van der Waals surface area contributed by atoms with Crippen LogP contribution in [0.15, 0.2) is 0 Å². The third-order valence-electron chi connectivity index (χ3n) is 3.14. The smallest absolute Gasteiger partial charge is 0.307 e. The summed E-state index contributed by atoms with van der Waals surface area (Å²) in [5.41, 5.74) is -0.815. The predicted molar refractivity (Wildman–Crippen MR) is 82.6 cm³/mol. The minimum Gasteiger partial charge on any atom is -0.466 e. The monoisotopic (exact) mass is 296 g/mol. The van der Waals surface area contributed by atoms with Gasteiger partial charge in [-0.25, -0.2) is 0 Å². The average molecular weight is 296 g/mol. The molecule has 0 bridgehead atoms. The number of ether oxygens (including phenoxy) is 2. The first-order valence-electron chi connectivity index (χ1n) is 7.82. The van der Waals surface area contributed by atoms with Crippen molar-refractivity contribution in [2.75, 3.05) is 6.61 Å². The van der Waals surface area contributed by atoms with Gasteiger partial charge in [0.15, 0.2) is 5.60 Å². The maximum atomic E-state index is 11.7. The molecule has 1 atom stereocenters. The first-order chi connectivity index (χ1) is 9.97. The summed E-state index contributed by atoms with van der Waals surface area (Å²) in [4.78, 5) is 23.1. The van der Waals surface area contributed by atoms with Crippen molar-refractivity contribution >= 4 is 11.9 Å². The molecular formula is C17H28O4. The fourth-order valence-corrected chi connectivity index (χ4v) is 1.87. The molecule has 4 nitrogen and oxygen atoms in total. The van der Waals surface area contributed by atoms with Gasteiger partial charge in [-0.3, -0.25) is 9.59 Å². The highest BCUT2D eigenvalue weighted by Gasteiger charge is 2.24. The number of rotatable bonds is 11. The Kier molecular flexibility index (Phi) is 10.4. The van der Waals surface area contributed by atoms with Crippen LogP contribution >= 0.6 is 0 Å². The normalized spacial score (nSPS) is 13.0. The van der Waals surface area contributed by atoms with Crippen LogP contribution in [-0.2, 0) is 19.1 Å². The Hall–Kier alpha value is -1.50. The predicted octanol–water partition coefficient (Wildman–Crippen LogP) is 3.63. The molecule has 120 valence electrons. The van der Waals surface area contributed by atoms with Gasteiger partial charge in [0.1, 0.15) is 0 Å². The maximum absolute atomic E-state index is 11.7. The summed E-state index contributed by atoms with van der Waals surface area (Å²) in [5.74, 6) is 2.03. The Labute approximate surface area is 128 Å². The Bertz CT molecular complexity index is 356. The van der Waals surface area contributed by atoms with Gasteiger partial charge < -0.3 is 9.47 Å². The quantitative estimate of drug-likeness (QED) is 0.332. The third kappa shape index (κ3) is 9.95. The molecule has 0 aliphatic heterocycles. The molecule has 0 N–H and O–H groups in total. The van der Waals surface area contributed by atoms with Gasteiger partial charge in [-0.2, -0.15) is 0 Å². The summed E-state index contributed by atoms with van der Waals surface area (Å²) >= 11 is 0. The summed E-state index contributed by atoms with van der Waals surface area (Å²) in [6.45, 7) is 6.27. The topological polar surface area (TPSA) is 52.6 Å². The molecular weight excluding hydrogens is 268 g/mol. The van der Waals surface area contributed by atoms with Gasteiger partial charge in [0, 0.05) is 12.8 Å². The molecule has 0 spiro atoms. The van der Waals surface area contributed by atoms with Gasteiger partial charge in [0.2, 0.25) is 0 Å². The van der Waals surface area contributed by atoms with Crippen LogP contribution in [0, 0.1) is 12.3 Å². The van der Waals surface area contributed by atoms with Gasteiger partial charge in [-0.15, -0.1) is 6.42 Å². The lowest BCUT2D eigenvalue weighted by molar-refractivity contribution is -0.154. The summed E-state index contributed by atoms with van der Waals surface area (Å²) in [6.07, 6.45) is 10.7. The molecule has 0 saturated carbocycles. The summed E-state index contributed by atoms with van der Waals surface area (Å²) in [7, 11) is 0. The van der Waals surface area contributed by atoms with E-state index in [4.69, 9.17) is 15.9 Å². The second-order valence-corrected chi connectivity index (χ2v) is 5.38. The maximum Gasteiger partial charge on any atom is 0.307 e. The SMILES string of the molecule is C#CC(C)(CCC)OC(=O)CCCCC(=O)OCCCC. The number of terminal acetylenes is 1. The lowest BCUT2D eigenvalue weighted by Crippen LogP contribution is -2.29. The van der Waals surface area contributed by atoms with Crippen molar-refractivity contribution < 1.29 is 19.1 Å². The molecule has 0 heterocycles. The first-order valence-corrected chi connectivity index (χ1v) is 7.82. The molecule has 0 saturated heterocycles. The Balaban J connectivity index is 3.80. The molecule has 0 aromatic carbocycles. The van der Waals surface area contributed by atoms with Crippen LogP contribution in [0.1, 0.15) is 72.1 Å². The zero-order valence-corrected chi connectivity index (χ0v) is 13.6. The summed E-state index contributed by atoms with van der Waals surface area (Å²) < 4.78 is 10.4. The van der Waals surface area contributed by atoms with Crippen LogP contribution in [0.3, 0.4) is 0 Å². The van der Waals surface area contributed by atoms with Gasteiger partial charge >= 0.3 is 11.9 Å². The highest BCUT2D eigenvalue weighted by molar-refractivity contribution is 5.71. The standard InChI is InChI=1S/C17H28O4/c1-5-8-14-20-15(18)11-9-10-12-16(19)21-17(4,7-3)13-6-2/h3H,5-6,8-14H2,1-2,4H3. The van der Waals surface area contributed by atoms with Gasteiger partial charge in [0.25, 0.3) is 0 Å². The van der Waals surface area contributed by atoms with E-state index < -0.39 is 5.60 Å². The van der Waals surface area contributed by atoms with Crippen LogP contribution in [0.2, 0.25) is 0 Å². The molecule has 0 amide bonds. The number of esters is 2. The number of hydrogen-bond acceptors (Lipinski definition) is 4. The zero-order chi connectivity index (χ0) is 16.1. The van der Waals surface area contributed by atoms with Crippen molar-refractivity contribution in [2.45, 2.75) is 77.7 Å². The highest BCUT2D eigenvalue weighted by atomic mass is 16.6. The van der Waals surface area contributed by atoms with Crippen molar-refractivity contribution in [3.8, 4) is 12.3 Å². The van der Waals surface area contributed by atoms with Crippen LogP contribution in [0.25, 0.3) is 0 Å². The molecule has 21 heavy (non-hydrogen) atoms. The summed E-state index contributed by atoms with van der Waals surface area (Å²) in [6, 6.07) is 0. The van der Waals surface area contributed by atoms with Crippen molar-refractivity contribution in [3.05, 3.63) is 0 Å². The second-order valence-electron chi connectivity index (χ2n) is 5.38. The second kappa shape index (κ2) is 11.2. The molecule has 0 aromatic heterocycles. The van der Waals surface area contributed by atoms with E-state index in [0.717, 1.165) is 19.3 Å². The van der Waals surface area contributed by atoms with Crippen LogP contribution in [0.4, 0.5) is 0 Å². The minimum atomic E-state index is -0.815. The molecule has 0 fully saturated rings. The largest absolute Gasteiger partial charge is 0.466 e. The fraction of sp³-hybridized carbons (Fsp3) is 0.765. The molecule has 0 aliphatic carbocycles. The Morgan fingerprint density at radius 1 is 1.05 bits per heavy atom. The highest BCUT2D eigenvalue weighted by Crippen LogP contribution is 2.18. The molecule has 0 rings (SSSR count). The van der Waals surface area contributed by atoms with Crippen LogP contribution in [0.5, 0.6) is 0 Å². The van der Waals surface area contributed by atoms with Crippen molar-refractivity contribution in [3.63, 3.8) is 0 Å². The van der Waals surface area contributed by atoms with E-state index in [9.17, 15) is 9.59 Å². The number of carbonyl (C=O) groups is 2. The molecule has 1 unspecified atom stereocenters. The number of unbranched alkanes of at least 4 members (excludes halogenated alkanes) is 2. The van der Waals surface area contributed by atoms with E-state index in [0.29, 0.717) is 32.3 Å². The van der Waals surface area contributed by atoms with Crippen molar-refractivity contribution in [2.24, 2.45) is 0 Å². The van der Waals surface area contributed by atoms with Crippen molar-refractivity contribution in [1.29, 1.82) is 0 Å². The average Bonchev–Trinajstić information content (AvgIpc) is 2.44. The van der Waals surface area contributed by atoms with E-state index in [1.807, 2.05) is 13.8 Å². The minimum absolute atomic E-state index is 0.198. The van der Waals surface area contributed by atoms with E-state index >= 15 is 0 Å². The van der Waals surface area contributed by atoms with Gasteiger partial charge in [-0.05, 0) is 32.6 Å². The number of carbonyl (C=O) groups excluding carboxylic acids is 2. The molecule has 4 heteroatoms. The van der Waals surface area contributed by atoms with E-state index in [2.05, 4.69) is 5.92 Å². The fourth-order valence-electron chi connectivity index (χ4n) is 1.87. The zero-order valence-electron chi connectivity index (χ0n) is 13.6. The van der Waals surface area contributed by atoms with E-state index in [1.54, 1.807) is 6.92 Å². The van der Waals surface area contributed by atoms with Crippen LogP contribution in [-0.4, -0.2) is 24.1 Å². The van der Waals surface area contributed by atoms with Crippen molar-refractivity contribution in [1.82, 2.24) is 0 Å². The van der Waals surface area contributed by atoms with E-state index in [-0.39, 0.29) is 18.4 Å².